The van der Waals surface area contributed by atoms with Gasteiger partial charge in [-0.25, -0.2) is 4.79 Å². The first-order chi connectivity index (χ1) is 10.6. The van der Waals surface area contributed by atoms with Crippen molar-refractivity contribution in [2.24, 2.45) is 0 Å². The average molecular weight is 307 g/mol. The van der Waals surface area contributed by atoms with Gasteiger partial charge in [-0.2, -0.15) is 0 Å². The second-order valence-corrected chi connectivity index (χ2v) is 5.24. The van der Waals surface area contributed by atoms with Gasteiger partial charge in [0.25, 0.3) is 0 Å². The van der Waals surface area contributed by atoms with Crippen molar-refractivity contribution in [3.05, 3.63) is 29.8 Å². The van der Waals surface area contributed by atoms with E-state index in [2.05, 4.69) is 12.2 Å². The van der Waals surface area contributed by atoms with Crippen LogP contribution in [0.15, 0.2) is 24.3 Å². The Bertz CT molecular complexity index is 470. The van der Waals surface area contributed by atoms with Gasteiger partial charge in [-0.1, -0.05) is 32.4 Å². The Hall–Kier alpha value is -2.04. The smallest absolute Gasteiger partial charge is 0.326 e. The van der Waals surface area contributed by atoms with Crippen LogP contribution in [0.2, 0.25) is 0 Å². The van der Waals surface area contributed by atoms with Gasteiger partial charge in [-0.3, -0.25) is 4.79 Å². The van der Waals surface area contributed by atoms with Gasteiger partial charge in [0, 0.05) is 6.42 Å². The monoisotopic (exact) mass is 307 g/mol. The van der Waals surface area contributed by atoms with Crippen LogP contribution in [-0.4, -0.2) is 29.6 Å². The Kier molecular flexibility index (Phi) is 8.04. The molecule has 122 valence electrons. The number of carboxylic acids is 1. The Morgan fingerprint density at radius 1 is 1.18 bits per heavy atom. The summed E-state index contributed by atoms with van der Waals surface area (Å²) in [6.07, 6.45) is 2.99. The third-order valence-electron chi connectivity index (χ3n) is 3.25. The van der Waals surface area contributed by atoms with Crippen molar-refractivity contribution in [3.63, 3.8) is 0 Å². The molecule has 0 radical (unpaired) electrons. The number of nitrogens with one attached hydrogen (secondary N) is 1. The topological polar surface area (TPSA) is 75.6 Å². The van der Waals surface area contributed by atoms with Crippen LogP contribution in [0.4, 0.5) is 0 Å². The minimum absolute atomic E-state index is 0.229. The molecular weight excluding hydrogens is 282 g/mol. The minimum Gasteiger partial charge on any atom is -0.494 e. The normalized spacial score (nSPS) is 11.7. The van der Waals surface area contributed by atoms with E-state index in [9.17, 15) is 9.59 Å². The lowest BCUT2D eigenvalue weighted by Crippen LogP contribution is -2.40. The van der Waals surface area contributed by atoms with Gasteiger partial charge in [0.15, 0.2) is 0 Å². The van der Waals surface area contributed by atoms with Crippen LogP contribution in [0, 0.1) is 0 Å². The zero-order chi connectivity index (χ0) is 16.4. The molecule has 0 saturated heterocycles. The molecule has 5 nitrogen and oxygen atoms in total. The molecule has 5 heteroatoms. The summed E-state index contributed by atoms with van der Waals surface area (Å²) < 4.78 is 5.50. The predicted octanol–water partition coefficient (Wildman–Crippen LogP) is 2.78. The third-order valence-corrected chi connectivity index (χ3v) is 3.25. The molecule has 1 unspecified atom stereocenters. The molecule has 1 amide bonds. The number of carbonyl (C=O) groups excluding carboxylic acids is 1. The quantitative estimate of drug-likeness (QED) is 0.697. The number of amides is 1. The number of benzene rings is 1. The fraction of sp³-hybridized carbons (Fsp3) is 0.529. The van der Waals surface area contributed by atoms with Gasteiger partial charge >= 0.3 is 5.97 Å². The maximum Gasteiger partial charge on any atom is 0.326 e. The summed E-state index contributed by atoms with van der Waals surface area (Å²) in [5.41, 5.74) is 1.03. The van der Waals surface area contributed by atoms with Gasteiger partial charge in [0.1, 0.15) is 11.8 Å². The van der Waals surface area contributed by atoms with Crippen molar-refractivity contribution in [2.75, 3.05) is 6.61 Å². The highest BCUT2D eigenvalue weighted by Gasteiger charge is 2.18. The Morgan fingerprint density at radius 3 is 2.41 bits per heavy atom. The van der Waals surface area contributed by atoms with E-state index in [1.165, 1.54) is 0 Å². The number of aryl methyl sites for hydroxylation is 1. The largest absolute Gasteiger partial charge is 0.494 e. The Morgan fingerprint density at radius 2 is 1.86 bits per heavy atom. The molecule has 0 heterocycles. The standard InChI is InChI=1S/C17H25NO4/c1-3-5-15(17(20)21)18-16(19)11-8-13-6-9-14(10-7-13)22-12-4-2/h6-7,9-10,15H,3-5,8,11-12H2,1-2H3,(H,18,19)(H,20,21). The van der Waals surface area contributed by atoms with Crippen LogP contribution < -0.4 is 10.1 Å². The van der Waals surface area contributed by atoms with E-state index < -0.39 is 12.0 Å². The molecule has 22 heavy (non-hydrogen) atoms. The first kappa shape index (κ1) is 18.0. The molecule has 0 bridgehead atoms. The number of ether oxygens (including phenoxy) is 1. The molecule has 1 aromatic rings. The van der Waals surface area contributed by atoms with Crippen LogP contribution >= 0.6 is 0 Å². The Labute approximate surface area is 131 Å². The van der Waals surface area contributed by atoms with Crippen molar-refractivity contribution in [1.29, 1.82) is 0 Å². The molecule has 1 aromatic carbocycles. The molecule has 0 saturated carbocycles. The van der Waals surface area contributed by atoms with E-state index in [-0.39, 0.29) is 12.3 Å². The van der Waals surface area contributed by atoms with Crippen LogP contribution in [0.5, 0.6) is 5.75 Å². The summed E-state index contributed by atoms with van der Waals surface area (Å²) in [5, 5.41) is 11.6. The molecule has 0 aliphatic carbocycles. The maximum atomic E-state index is 11.8. The van der Waals surface area contributed by atoms with Crippen LogP contribution in [0.25, 0.3) is 0 Å². The number of rotatable bonds is 10. The van der Waals surface area contributed by atoms with Crippen molar-refractivity contribution < 1.29 is 19.4 Å². The summed E-state index contributed by atoms with van der Waals surface area (Å²) in [6, 6.07) is 6.85. The molecule has 0 fully saturated rings. The summed E-state index contributed by atoms with van der Waals surface area (Å²) in [5.74, 6) is -0.385. The number of aliphatic carboxylic acids is 1. The molecule has 1 rings (SSSR count). The van der Waals surface area contributed by atoms with Gasteiger partial charge < -0.3 is 15.2 Å². The Balaban J connectivity index is 2.41. The molecule has 0 spiro atoms. The van der Waals surface area contributed by atoms with E-state index in [0.717, 1.165) is 24.2 Å². The van der Waals surface area contributed by atoms with Crippen molar-refractivity contribution in [2.45, 2.75) is 52.0 Å². The summed E-state index contributed by atoms with van der Waals surface area (Å²) in [4.78, 5) is 22.8. The third kappa shape index (κ3) is 6.61. The number of hydrogen-bond acceptors (Lipinski definition) is 3. The fourth-order valence-corrected chi connectivity index (χ4v) is 2.04. The maximum absolute atomic E-state index is 11.8. The minimum atomic E-state index is -0.979. The van der Waals surface area contributed by atoms with E-state index in [4.69, 9.17) is 9.84 Å². The summed E-state index contributed by atoms with van der Waals surface area (Å²) >= 11 is 0. The van der Waals surface area contributed by atoms with Gasteiger partial charge in [-0.05, 0) is 37.0 Å². The molecule has 1 atom stereocenters. The van der Waals surface area contributed by atoms with Gasteiger partial charge in [0.05, 0.1) is 6.61 Å². The second kappa shape index (κ2) is 9.82. The lowest BCUT2D eigenvalue weighted by atomic mass is 10.1. The highest BCUT2D eigenvalue weighted by Crippen LogP contribution is 2.13. The molecule has 2 N–H and O–H groups in total. The highest BCUT2D eigenvalue weighted by atomic mass is 16.5. The zero-order valence-electron chi connectivity index (χ0n) is 13.3. The van der Waals surface area contributed by atoms with Crippen molar-refractivity contribution in [3.8, 4) is 5.75 Å². The lowest BCUT2D eigenvalue weighted by molar-refractivity contribution is -0.142. The van der Waals surface area contributed by atoms with E-state index in [1.807, 2.05) is 31.2 Å². The van der Waals surface area contributed by atoms with E-state index in [0.29, 0.717) is 19.4 Å². The fourth-order valence-electron chi connectivity index (χ4n) is 2.04. The molecular formula is C17H25NO4. The number of carbonyl (C=O) groups is 2. The van der Waals surface area contributed by atoms with E-state index in [1.54, 1.807) is 0 Å². The number of hydrogen-bond donors (Lipinski definition) is 2. The van der Waals surface area contributed by atoms with Crippen LogP contribution in [-0.2, 0) is 16.0 Å². The molecule has 0 aromatic heterocycles. The summed E-state index contributed by atoms with van der Waals surface area (Å²) in [7, 11) is 0. The first-order valence-corrected chi connectivity index (χ1v) is 7.80. The van der Waals surface area contributed by atoms with Crippen LogP contribution in [0.1, 0.15) is 45.1 Å². The van der Waals surface area contributed by atoms with E-state index >= 15 is 0 Å². The predicted molar refractivity (Wildman–Crippen MR) is 85.0 cm³/mol. The highest BCUT2D eigenvalue weighted by molar-refractivity contribution is 5.83. The van der Waals surface area contributed by atoms with Crippen LogP contribution in [0.3, 0.4) is 0 Å². The van der Waals surface area contributed by atoms with Gasteiger partial charge in [-0.15, -0.1) is 0 Å². The van der Waals surface area contributed by atoms with Crippen molar-refractivity contribution in [1.82, 2.24) is 5.32 Å². The zero-order valence-corrected chi connectivity index (χ0v) is 13.3. The van der Waals surface area contributed by atoms with Gasteiger partial charge in [0.2, 0.25) is 5.91 Å². The average Bonchev–Trinajstić information content (AvgIpc) is 2.51. The first-order valence-electron chi connectivity index (χ1n) is 7.80. The number of carboxylic acid groups (broad SMARTS) is 1. The molecule has 0 aliphatic heterocycles. The summed E-state index contributed by atoms with van der Waals surface area (Å²) in [6.45, 7) is 4.63. The second-order valence-electron chi connectivity index (χ2n) is 5.24. The molecule has 0 aliphatic rings. The SMILES string of the molecule is CCCOc1ccc(CCC(=O)NC(CCC)C(=O)O)cc1. The lowest BCUT2D eigenvalue weighted by Gasteiger charge is -2.13. The van der Waals surface area contributed by atoms with Crippen molar-refractivity contribution >= 4 is 11.9 Å².